The van der Waals surface area contributed by atoms with Crippen LogP contribution in [0, 0.1) is 0 Å². The molecule has 16 heavy (non-hydrogen) atoms. The summed E-state index contributed by atoms with van der Waals surface area (Å²) in [5, 5.41) is 5.88. The fourth-order valence-electron chi connectivity index (χ4n) is 1.18. The lowest BCUT2D eigenvalue weighted by molar-refractivity contribution is -0.120. The quantitative estimate of drug-likeness (QED) is 0.772. The molecule has 1 amide bonds. The fourth-order valence-corrected chi connectivity index (χ4v) is 1.84. The number of furan rings is 1. The maximum atomic E-state index is 11.1. The molecular weight excluding hydrogens is 340 g/mol. The van der Waals surface area contributed by atoms with Gasteiger partial charge in [0, 0.05) is 19.5 Å². The van der Waals surface area contributed by atoms with E-state index in [2.05, 4.69) is 42.5 Å². The van der Waals surface area contributed by atoms with Crippen LogP contribution in [-0.2, 0) is 11.3 Å². The Hall–Kier alpha value is -0.330. The molecule has 1 heterocycles. The van der Waals surface area contributed by atoms with Gasteiger partial charge >= 0.3 is 0 Å². The number of hydrogen-bond acceptors (Lipinski definition) is 3. The van der Waals surface area contributed by atoms with E-state index in [0.29, 0.717) is 30.7 Å². The van der Waals surface area contributed by atoms with Crippen LogP contribution in [0.25, 0.3) is 0 Å². The smallest absolute Gasteiger partial charge is 0.221 e. The molecule has 0 spiro atoms. The first-order valence-corrected chi connectivity index (χ1v) is 6.63. The zero-order valence-corrected chi connectivity index (χ0v) is 12.2. The predicted molar refractivity (Wildman–Crippen MR) is 69.1 cm³/mol. The number of rotatable bonds is 6. The van der Waals surface area contributed by atoms with E-state index in [1.807, 2.05) is 13.0 Å². The van der Waals surface area contributed by atoms with Gasteiger partial charge in [0.2, 0.25) is 5.91 Å². The van der Waals surface area contributed by atoms with Crippen molar-refractivity contribution in [2.24, 2.45) is 0 Å². The predicted octanol–water partition coefficient (Wildman–Crippen LogP) is 2.42. The minimum Gasteiger partial charge on any atom is -0.452 e. The van der Waals surface area contributed by atoms with E-state index in [1.54, 1.807) is 0 Å². The number of nitrogens with one attached hydrogen (secondary N) is 2. The molecule has 0 aliphatic rings. The largest absolute Gasteiger partial charge is 0.452 e. The summed E-state index contributed by atoms with van der Waals surface area (Å²) in [5.74, 6) is 0.895. The van der Waals surface area contributed by atoms with Gasteiger partial charge in [-0.05, 0) is 44.8 Å². The molecule has 0 atom stereocenters. The highest BCUT2D eigenvalue weighted by Gasteiger charge is 2.05. The molecule has 0 unspecified atom stereocenters. The van der Waals surface area contributed by atoms with Crippen molar-refractivity contribution in [3.8, 4) is 0 Å². The van der Waals surface area contributed by atoms with Crippen molar-refractivity contribution in [2.45, 2.75) is 19.9 Å². The second kappa shape index (κ2) is 7.09. The summed E-state index contributed by atoms with van der Waals surface area (Å²) >= 11 is 6.60. The molecule has 0 aliphatic carbocycles. The third kappa shape index (κ3) is 4.67. The average Bonchev–Trinajstić information content (AvgIpc) is 2.54. The normalized spacial score (nSPS) is 10.4. The van der Waals surface area contributed by atoms with E-state index in [0.717, 1.165) is 10.2 Å². The van der Waals surface area contributed by atoms with Crippen molar-refractivity contribution in [3.63, 3.8) is 0 Å². The third-order valence-electron chi connectivity index (χ3n) is 1.90. The molecule has 0 radical (unpaired) electrons. The van der Waals surface area contributed by atoms with Crippen molar-refractivity contribution in [2.75, 3.05) is 13.1 Å². The number of carbonyl (C=O) groups is 1. The molecule has 0 aliphatic heterocycles. The van der Waals surface area contributed by atoms with Crippen LogP contribution < -0.4 is 10.6 Å². The van der Waals surface area contributed by atoms with Gasteiger partial charge in [-0.25, -0.2) is 0 Å². The van der Waals surface area contributed by atoms with E-state index in [4.69, 9.17) is 4.42 Å². The van der Waals surface area contributed by atoms with Crippen LogP contribution in [-0.4, -0.2) is 19.0 Å². The molecule has 0 aromatic carbocycles. The van der Waals surface area contributed by atoms with Crippen molar-refractivity contribution in [1.29, 1.82) is 0 Å². The van der Waals surface area contributed by atoms with Crippen LogP contribution in [0.5, 0.6) is 0 Å². The highest BCUT2D eigenvalue weighted by molar-refractivity contribution is 9.13. The van der Waals surface area contributed by atoms with Crippen LogP contribution >= 0.6 is 31.9 Å². The molecule has 2 N–H and O–H groups in total. The third-order valence-corrected chi connectivity index (χ3v) is 3.61. The second-order valence-corrected chi connectivity index (χ2v) is 4.79. The highest BCUT2D eigenvalue weighted by Crippen LogP contribution is 2.26. The maximum Gasteiger partial charge on any atom is 0.221 e. The van der Waals surface area contributed by atoms with Gasteiger partial charge in [-0.1, -0.05) is 0 Å². The van der Waals surface area contributed by atoms with Gasteiger partial charge in [-0.3, -0.25) is 4.79 Å². The lowest BCUT2D eigenvalue weighted by Crippen LogP contribution is -2.27. The Kier molecular flexibility index (Phi) is 6.08. The molecule has 4 nitrogen and oxygen atoms in total. The molecule has 90 valence electrons. The summed E-state index contributed by atoms with van der Waals surface area (Å²) in [7, 11) is 0. The number of amides is 1. The Balaban J connectivity index is 2.18. The van der Waals surface area contributed by atoms with Crippen molar-refractivity contribution in [1.82, 2.24) is 10.6 Å². The Bertz CT molecular complexity index is 333. The van der Waals surface area contributed by atoms with E-state index in [-0.39, 0.29) is 5.91 Å². The molecule has 0 fully saturated rings. The van der Waals surface area contributed by atoms with E-state index < -0.39 is 0 Å². The lowest BCUT2D eigenvalue weighted by Gasteiger charge is -2.02. The van der Waals surface area contributed by atoms with Gasteiger partial charge in [0.25, 0.3) is 0 Å². The van der Waals surface area contributed by atoms with Crippen LogP contribution in [0.15, 0.2) is 19.6 Å². The first-order chi connectivity index (χ1) is 7.63. The van der Waals surface area contributed by atoms with E-state index >= 15 is 0 Å². The molecule has 1 aromatic rings. The zero-order chi connectivity index (χ0) is 12.0. The Labute approximate surface area is 111 Å². The molecule has 0 saturated heterocycles. The minimum absolute atomic E-state index is 0.0665. The van der Waals surface area contributed by atoms with Crippen molar-refractivity contribution < 1.29 is 9.21 Å². The molecule has 1 aromatic heterocycles. The summed E-state index contributed by atoms with van der Waals surface area (Å²) < 4.78 is 6.96. The summed E-state index contributed by atoms with van der Waals surface area (Å²) in [6.45, 7) is 3.84. The highest BCUT2D eigenvalue weighted by atomic mass is 79.9. The van der Waals surface area contributed by atoms with Crippen LogP contribution in [0.4, 0.5) is 0 Å². The lowest BCUT2D eigenvalue weighted by atomic mass is 10.3. The minimum atomic E-state index is 0.0665. The Morgan fingerprint density at radius 1 is 1.50 bits per heavy atom. The summed E-state index contributed by atoms with van der Waals surface area (Å²) in [6.07, 6.45) is 0.483. The zero-order valence-electron chi connectivity index (χ0n) is 8.98. The topological polar surface area (TPSA) is 54.3 Å². The van der Waals surface area contributed by atoms with Gasteiger partial charge in [0.05, 0.1) is 11.0 Å². The first-order valence-electron chi connectivity index (χ1n) is 5.04. The monoisotopic (exact) mass is 352 g/mol. The second-order valence-electron chi connectivity index (χ2n) is 3.21. The van der Waals surface area contributed by atoms with Crippen molar-refractivity contribution in [3.05, 3.63) is 21.0 Å². The Morgan fingerprint density at radius 3 is 2.81 bits per heavy atom. The number of halogens is 2. The van der Waals surface area contributed by atoms with Crippen LogP contribution in [0.2, 0.25) is 0 Å². The summed E-state index contributed by atoms with van der Waals surface area (Å²) in [4.78, 5) is 11.1. The van der Waals surface area contributed by atoms with Gasteiger partial charge in [-0.15, -0.1) is 0 Å². The molecule has 6 heteroatoms. The van der Waals surface area contributed by atoms with E-state index in [1.165, 1.54) is 0 Å². The van der Waals surface area contributed by atoms with Gasteiger partial charge in [0.15, 0.2) is 4.67 Å². The Morgan fingerprint density at radius 2 is 2.25 bits per heavy atom. The standard InChI is InChI=1S/C10H14Br2N2O2/c1-2-14-9(15)3-4-13-6-7-5-8(11)10(12)16-7/h5,13H,2-4,6H2,1H3,(H,14,15). The van der Waals surface area contributed by atoms with Gasteiger partial charge < -0.3 is 15.1 Å². The van der Waals surface area contributed by atoms with Gasteiger partial charge in [0.1, 0.15) is 5.76 Å². The van der Waals surface area contributed by atoms with Crippen LogP contribution in [0.3, 0.4) is 0 Å². The van der Waals surface area contributed by atoms with Gasteiger partial charge in [-0.2, -0.15) is 0 Å². The maximum absolute atomic E-state index is 11.1. The summed E-state index contributed by atoms with van der Waals surface area (Å²) in [5.41, 5.74) is 0. The number of hydrogen-bond donors (Lipinski definition) is 2. The van der Waals surface area contributed by atoms with Crippen molar-refractivity contribution >= 4 is 37.8 Å². The molecule has 0 saturated carbocycles. The number of carbonyl (C=O) groups excluding carboxylic acids is 1. The SMILES string of the molecule is CCNC(=O)CCNCc1cc(Br)c(Br)o1. The summed E-state index contributed by atoms with van der Waals surface area (Å²) in [6, 6.07) is 1.89. The molecule has 1 rings (SSSR count). The van der Waals surface area contributed by atoms with Crippen LogP contribution in [0.1, 0.15) is 19.1 Å². The van der Waals surface area contributed by atoms with E-state index in [9.17, 15) is 4.79 Å². The molecule has 0 bridgehead atoms. The first kappa shape index (κ1) is 13.7. The molecular formula is C10H14Br2N2O2. The average molecular weight is 354 g/mol. The fraction of sp³-hybridized carbons (Fsp3) is 0.500.